The van der Waals surface area contributed by atoms with Gasteiger partial charge in [-0.3, -0.25) is 14.2 Å². The Balaban J connectivity index is 1.49. The third kappa shape index (κ3) is 4.94. The Morgan fingerprint density at radius 1 is 1.09 bits per heavy atom. The first-order valence-electron chi connectivity index (χ1n) is 10.5. The Hall–Kier alpha value is -4.10. The lowest BCUT2D eigenvalue weighted by Gasteiger charge is -2.12. The van der Waals surface area contributed by atoms with Gasteiger partial charge in [-0.05, 0) is 48.0 Å². The lowest BCUT2D eigenvalue weighted by atomic mass is 10.1. The average molecular weight is 475 g/mol. The first kappa shape index (κ1) is 23.1. The van der Waals surface area contributed by atoms with Crippen LogP contribution in [0.25, 0.3) is 10.9 Å². The number of anilines is 1. The highest BCUT2D eigenvalue weighted by Gasteiger charge is 2.12. The summed E-state index contributed by atoms with van der Waals surface area (Å²) < 4.78 is 1.63. The zero-order valence-corrected chi connectivity index (χ0v) is 19.5. The van der Waals surface area contributed by atoms with Crippen LogP contribution in [0.5, 0.6) is 5.75 Å². The largest absolute Gasteiger partial charge is 0.506 e. The molecule has 4 rings (SSSR count). The van der Waals surface area contributed by atoms with Gasteiger partial charge in [-0.25, -0.2) is 5.43 Å². The van der Waals surface area contributed by atoms with Crippen molar-refractivity contribution in [2.24, 2.45) is 5.10 Å². The maximum absolute atomic E-state index is 13.0. The van der Waals surface area contributed by atoms with Gasteiger partial charge in [0, 0.05) is 42.5 Å². The Morgan fingerprint density at radius 3 is 2.56 bits per heavy atom. The van der Waals surface area contributed by atoms with Gasteiger partial charge in [0.05, 0.1) is 23.2 Å². The molecule has 0 radical (unpaired) electrons. The van der Waals surface area contributed by atoms with Crippen molar-refractivity contribution in [1.29, 1.82) is 0 Å². The van der Waals surface area contributed by atoms with Gasteiger partial charge in [-0.15, -0.1) is 0 Å². The first-order chi connectivity index (χ1) is 16.3. The third-order valence-electron chi connectivity index (χ3n) is 5.42. The number of hydrogen-bond donors (Lipinski definition) is 2. The number of phenols is 1. The molecule has 1 amide bonds. The minimum Gasteiger partial charge on any atom is -0.506 e. The average Bonchev–Trinajstić information content (AvgIpc) is 3.26. The quantitative estimate of drug-likeness (QED) is 0.313. The summed E-state index contributed by atoms with van der Waals surface area (Å²) in [5.74, 6) is -0.601. The summed E-state index contributed by atoms with van der Waals surface area (Å²) in [5, 5.41) is 14.4. The molecular formula is C26H23ClN4O3. The molecular weight excluding hydrogens is 452 g/mol. The van der Waals surface area contributed by atoms with Crippen LogP contribution in [0.3, 0.4) is 0 Å². The summed E-state index contributed by atoms with van der Waals surface area (Å²) >= 11 is 5.85. The number of rotatable bonds is 6. The van der Waals surface area contributed by atoms with E-state index in [1.807, 2.05) is 67.5 Å². The highest BCUT2D eigenvalue weighted by Crippen LogP contribution is 2.24. The van der Waals surface area contributed by atoms with E-state index in [1.165, 1.54) is 24.4 Å². The standard InChI is InChI=1S/C26H23ClN4O3/c1-30(2)20-9-6-17(7-10-20)14-25(33)31-13-12-21-19(4-3-5-23(21)31)16-28-29-26(34)18-8-11-24(32)22(27)15-18/h3-13,15-16,32H,14H2,1-2H3,(H,29,34). The molecule has 7 nitrogen and oxygen atoms in total. The van der Waals surface area contributed by atoms with Crippen LogP contribution in [0, 0.1) is 0 Å². The SMILES string of the molecule is CN(C)c1ccc(CC(=O)n2ccc3c(C=NNC(=O)c4ccc(O)c(Cl)c4)cccc32)cc1. The van der Waals surface area contributed by atoms with Gasteiger partial charge >= 0.3 is 0 Å². The number of carbonyl (C=O) groups excluding carboxylic acids is 2. The van der Waals surface area contributed by atoms with Crippen molar-refractivity contribution < 1.29 is 14.7 Å². The molecule has 0 saturated heterocycles. The zero-order chi connectivity index (χ0) is 24.2. The molecule has 0 bridgehead atoms. The van der Waals surface area contributed by atoms with Gasteiger partial charge in [0.15, 0.2) is 0 Å². The number of hydrazone groups is 1. The molecule has 34 heavy (non-hydrogen) atoms. The molecule has 0 atom stereocenters. The maximum atomic E-state index is 13.0. The van der Waals surface area contributed by atoms with E-state index in [9.17, 15) is 14.7 Å². The second-order valence-electron chi connectivity index (χ2n) is 7.96. The number of halogens is 1. The normalized spacial score (nSPS) is 11.1. The molecule has 4 aromatic rings. The lowest BCUT2D eigenvalue weighted by molar-refractivity contribution is 0.0917. The van der Waals surface area contributed by atoms with E-state index in [1.54, 1.807) is 10.8 Å². The van der Waals surface area contributed by atoms with E-state index < -0.39 is 5.91 Å². The molecule has 0 unspecified atom stereocenters. The summed E-state index contributed by atoms with van der Waals surface area (Å²) in [7, 11) is 3.95. The van der Waals surface area contributed by atoms with Crippen LogP contribution in [0.4, 0.5) is 5.69 Å². The van der Waals surface area contributed by atoms with Crippen LogP contribution in [0.15, 0.2) is 78.0 Å². The smallest absolute Gasteiger partial charge is 0.271 e. The van der Waals surface area contributed by atoms with E-state index in [4.69, 9.17) is 11.6 Å². The van der Waals surface area contributed by atoms with Crippen LogP contribution in [0.1, 0.15) is 26.3 Å². The van der Waals surface area contributed by atoms with Gasteiger partial charge in [-0.1, -0.05) is 35.9 Å². The molecule has 3 aromatic carbocycles. The highest BCUT2D eigenvalue weighted by molar-refractivity contribution is 6.32. The fraction of sp³-hybridized carbons (Fsp3) is 0.115. The van der Waals surface area contributed by atoms with Crippen LogP contribution < -0.4 is 10.3 Å². The molecule has 1 aromatic heterocycles. The molecule has 0 aliphatic heterocycles. The first-order valence-corrected chi connectivity index (χ1v) is 10.9. The molecule has 8 heteroatoms. The summed E-state index contributed by atoms with van der Waals surface area (Å²) in [6.07, 6.45) is 3.55. The number of amides is 1. The fourth-order valence-corrected chi connectivity index (χ4v) is 3.75. The van der Waals surface area contributed by atoms with E-state index in [-0.39, 0.29) is 28.7 Å². The van der Waals surface area contributed by atoms with Crippen LogP contribution in [-0.4, -0.2) is 41.8 Å². The summed E-state index contributed by atoms with van der Waals surface area (Å²) in [5.41, 5.74) is 6.24. The summed E-state index contributed by atoms with van der Waals surface area (Å²) in [4.78, 5) is 27.2. The molecule has 172 valence electrons. The molecule has 0 aliphatic rings. The number of phenolic OH excluding ortho intramolecular Hbond substituents is 1. The van der Waals surface area contributed by atoms with E-state index in [0.717, 1.165) is 27.7 Å². The van der Waals surface area contributed by atoms with Crippen molar-refractivity contribution in [3.8, 4) is 5.75 Å². The Labute approximate surface area is 201 Å². The monoisotopic (exact) mass is 474 g/mol. The topological polar surface area (TPSA) is 86.9 Å². The van der Waals surface area contributed by atoms with E-state index >= 15 is 0 Å². The van der Waals surface area contributed by atoms with Crippen LogP contribution in [0.2, 0.25) is 5.02 Å². The van der Waals surface area contributed by atoms with E-state index in [0.29, 0.717) is 0 Å². The lowest BCUT2D eigenvalue weighted by Crippen LogP contribution is -2.17. The van der Waals surface area contributed by atoms with Crippen molar-refractivity contribution in [3.63, 3.8) is 0 Å². The zero-order valence-electron chi connectivity index (χ0n) is 18.7. The second-order valence-corrected chi connectivity index (χ2v) is 8.37. The summed E-state index contributed by atoms with van der Waals surface area (Å²) in [6, 6.07) is 19.5. The molecule has 1 heterocycles. The number of carbonyl (C=O) groups is 2. The van der Waals surface area contributed by atoms with Crippen LogP contribution >= 0.6 is 11.6 Å². The third-order valence-corrected chi connectivity index (χ3v) is 5.73. The number of hydrogen-bond acceptors (Lipinski definition) is 5. The number of benzene rings is 3. The van der Waals surface area contributed by atoms with Crippen molar-refractivity contribution >= 4 is 46.2 Å². The van der Waals surface area contributed by atoms with Gasteiger partial charge in [0.2, 0.25) is 5.91 Å². The van der Waals surface area contributed by atoms with Crippen molar-refractivity contribution in [2.75, 3.05) is 19.0 Å². The van der Waals surface area contributed by atoms with E-state index in [2.05, 4.69) is 10.5 Å². The number of fused-ring (bicyclic) bond motifs is 1. The minimum atomic E-state index is -0.460. The minimum absolute atomic E-state index is 0.0424. The highest BCUT2D eigenvalue weighted by atomic mass is 35.5. The van der Waals surface area contributed by atoms with Gasteiger partial charge in [-0.2, -0.15) is 5.10 Å². The molecule has 0 fully saturated rings. The number of aromatic nitrogens is 1. The second kappa shape index (κ2) is 9.80. The Kier molecular flexibility index (Phi) is 6.65. The number of aromatic hydroxyl groups is 1. The maximum Gasteiger partial charge on any atom is 0.271 e. The Bertz CT molecular complexity index is 1390. The predicted molar refractivity (Wildman–Crippen MR) is 135 cm³/mol. The van der Waals surface area contributed by atoms with Gasteiger partial charge < -0.3 is 10.0 Å². The van der Waals surface area contributed by atoms with Crippen molar-refractivity contribution in [3.05, 3.63) is 94.6 Å². The Morgan fingerprint density at radius 2 is 1.85 bits per heavy atom. The molecule has 2 N–H and O–H groups in total. The number of nitrogens with one attached hydrogen (secondary N) is 1. The van der Waals surface area contributed by atoms with Crippen molar-refractivity contribution in [2.45, 2.75) is 6.42 Å². The predicted octanol–water partition coefficient (Wildman–Crippen LogP) is 4.71. The summed E-state index contributed by atoms with van der Waals surface area (Å²) in [6.45, 7) is 0. The van der Waals surface area contributed by atoms with Crippen LogP contribution in [-0.2, 0) is 6.42 Å². The number of nitrogens with zero attached hydrogens (tertiary/aromatic N) is 3. The molecule has 0 aliphatic carbocycles. The molecule has 0 saturated carbocycles. The fourth-order valence-electron chi connectivity index (χ4n) is 3.57. The van der Waals surface area contributed by atoms with Gasteiger partial charge in [0.25, 0.3) is 5.91 Å². The van der Waals surface area contributed by atoms with Gasteiger partial charge in [0.1, 0.15) is 5.75 Å². The van der Waals surface area contributed by atoms with Crippen molar-refractivity contribution in [1.82, 2.24) is 9.99 Å². The molecule has 0 spiro atoms.